The Bertz CT molecular complexity index is 1080. The summed E-state index contributed by atoms with van der Waals surface area (Å²) in [7, 11) is 0. The molecular weight excluding hydrogens is 358 g/mol. The van der Waals surface area contributed by atoms with Crippen molar-refractivity contribution >= 4 is 40.1 Å². The van der Waals surface area contributed by atoms with E-state index in [2.05, 4.69) is 10.3 Å². The first-order chi connectivity index (χ1) is 13.4. The summed E-state index contributed by atoms with van der Waals surface area (Å²) in [6.45, 7) is 3.56. The number of nitrogens with one attached hydrogen (secondary N) is 1. The molecule has 4 rings (SSSR count). The molecule has 3 aromatic rings. The second kappa shape index (κ2) is 6.92. The van der Waals surface area contributed by atoms with Crippen LogP contribution in [0, 0.1) is 12.8 Å². The summed E-state index contributed by atoms with van der Waals surface area (Å²) in [5.41, 5.74) is 3.23. The average molecular weight is 377 g/mol. The zero-order valence-electron chi connectivity index (χ0n) is 15.6. The largest absolute Gasteiger partial charge is 0.441 e. The number of carbonyl (C=O) groups is 3. The molecule has 28 heavy (non-hydrogen) atoms. The van der Waals surface area contributed by atoms with Crippen molar-refractivity contribution in [1.82, 2.24) is 4.98 Å². The minimum absolute atomic E-state index is 0.0332. The molecule has 1 aromatic heterocycles. The second-order valence-corrected chi connectivity index (χ2v) is 6.91. The van der Waals surface area contributed by atoms with E-state index in [-0.39, 0.29) is 24.0 Å². The summed E-state index contributed by atoms with van der Waals surface area (Å²) in [5.74, 6) is -0.242. The lowest BCUT2D eigenvalue weighted by Gasteiger charge is -2.16. The number of benzene rings is 2. The normalized spacial score (nSPS) is 16.6. The molecule has 142 valence electrons. The third-order valence-corrected chi connectivity index (χ3v) is 4.84. The molecular formula is C21H19N3O4. The van der Waals surface area contributed by atoms with Crippen LogP contribution in [0.25, 0.3) is 11.1 Å². The Morgan fingerprint density at radius 3 is 2.64 bits per heavy atom. The standard InChI is InChI=1S/C21H19N3O4/c1-12(25)14-3-5-16(6-4-14)23-21(27)15-9-20(26)24(11-15)17-7-8-19-18(10-17)22-13(2)28-19/h3-8,10,15H,9,11H2,1-2H3,(H,23,27). The number of oxazole rings is 1. The highest BCUT2D eigenvalue weighted by atomic mass is 16.3. The Hall–Kier alpha value is -3.48. The smallest absolute Gasteiger partial charge is 0.229 e. The van der Waals surface area contributed by atoms with Crippen molar-refractivity contribution in [1.29, 1.82) is 0 Å². The van der Waals surface area contributed by atoms with Crippen LogP contribution in [-0.4, -0.2) is 29.1 Å². The van der Waals surface area contributed by atoms with E-state index >= 15 is 0 Å². The Morgan fingerprint density at radius 1 is 1.18 bits per heavy atom. The van der Waals surface area contributed by atoms with Gasteiger partial charge in [-0.1, -0.05) is 0 Å². The first kappa shape index (κ1) is 17.9. The molecule has 0 bridgehead atoms. The Labute approximate surface area is 161 Å². The monoisotopic (exact) mass is 377 g/mol. The number of aromatic nitrogens is 1. The van der Waals surface area contributed by atoms with Crippen LogP contribution < -0.4 is 10.2 Å². The molecule has 1 aliphatic rings. The summed E-state index contributed by atoms with van der Waals surface area (Å²) >= 11 is 0. The average Bonchev–Trinajstić information content (AvgIpc) is 3.23. The van der Waals surface area contributed by atoms with E-state index in [1.165, 1.54) is 6.92 Å². The second-order valence-electron chi connectivity index (χ2n) is 6.91. The fraction of sp³-hybridized carbons (Fsp3) is 0.238. The van der Waals surface area contributed by atoms with Gasteiger partial charge in [-0.3, -0.25) is 14.4 Å². The van der Waals surface area contributed by atoms with Gasteiger partial charge in [0, 0.05) is 36.8 Å². The molecule has 1 aliphatic heterocycles. The van der Waals surface area contributed by atoms with Gasteiger partial charge in [0.05, 0.1) is 5.92 Å². The summed E-state index contributed by atoms with van der Waals surface area (Å²) in [5, 5.41) is 2.82. The highest BCUT2D eigenvalue weighted by Gasteiger charge is 2.35. The van der Waals surface area contributed by atoms with Crippen LogP contribution in [0.3, 0.4) is 0 Å². The van der Waals surface area contributed by atoms with Crippen molar-refractivity contribution in [3.8, 4) is 0 Å². The van der Waals surface area contributed by atoms with Crippen LogP contribution in [0.1, 0.15) is 29.6 Å². The fourth-order valence-electron chi connectivity index (χ4n) is 3.36. The van der Waals surface area contributed by atoms with Crippen LogP contribution in [-0.2, 0) is 9.59 Å². The van der Waals surface area contributed by atoms with Crippen molar-refractivity contribution in [2.24, 2.45) is 5.92 Å². The molecule has 1 fully saturated rings. The van der Waals surface area contributed by atoms with Gasteiger partial charge in [0.15, 0.2) is 17.3 Å². The van der Waals surface area contributed by atoms with Crippen molar-refractivity contribution in [2.45, 2.75) is 20.3 Å². The van der Waals surface area contributed by atoms with Gasteiger partial charge in [-0.05, 0) is 49.4 Å². The molecule has 2 aromatic carbocycles. The Balaban J connectivity index is 1.47. The minimum atomic E-state index is -0.449. The van der Waals surface area contributed by atoms with Crippen LogP contribution in [0.15, 0.2) is 46.9 Å². The lowest BCUT2D eigenvalue weighted by atomic mass is 10.1. The highest BCUT2D eigenvalue weighted by Crippen LogP contribution is 2.29. The van der Waals surface area contributed by atoms with Gasteiger partial charge < -0.3 is 14.6 Å². The molecule has 2 heterocycles. The van der Waals surface area contributed by atoms with Gasteiger partial charge in [0.2, 0.25) is 11.8 Å². The van der Waals surface area contributed by atoms with Gasteiger partial charge in [-0.25, -0.2) is 4.98 Å². The van der Waals surface area contributed by atoms with E-state index in [1.807, 2.05) is 0 Å². The van der Waals surface area contributed by atoms with E-state index in [9.17, 15) is 14.4 Å². The van der Waals surface area contributed by atoms with Crippen LogP contribution in [0.2, 0.25) is 0 Å². The number of rotatable bonds is 4. The summed E-state index contributed by atoms with van der Waals surface area (Å²) in [6.07, 6.45) is 0.146. The zero-order valence-corrected chi connectivity index (χ0v) is 15.6. The quantitative estimate of drug-likeness (QED) is 0.704. The van der Waals surface area contributed by atoms with E-state index in [1.54, 1.807) is 54.3 Å². The molecule has 2 amide bonds. The number of carbonyl (C=O) groups excluding carboxylic acids is 3. The van der Waals surface area contributed by atoms with E-state index < -0.39 is 5.92 Å². The van der Waals surface area contributed by atoms with Crippen LogP contribution >= 0.6 is 0 Å². The molecule has 0 radical (unpaired) electrons. The minimum Gasteiger partial charge on any atom is -0.441 e. The zero-order chi connectivity index (χ0) is 19.8. The highest BCUT2D eigenvalue weighted by molar-refractivity contribution is 6.04. The predicted octanol–water partition coefficient (Wildman–Crippen LogP) is 3.33. The number of amides is 2. The molecule has 0 saturated carbocycles. The number of nitrogens with zero attached hydrogens (tertiary/aromatic N) is 2. The summed E-state index contributed by atoms with van der Waals surface area (Å²) in [6, 6.07) is 12.1. The number of hydrogen-bond acceptors (Lipinski definition) is 5. The third-order valence-electron chi connectivity index (χ3n) is 4.84. The molecule has 1 N–H and O–H groups in total. The Kier molecular flexibility index (Phi) is 4.43. The van der Waals surface area contributed by atoms with Crippen LogP contribution in [0.4, 0.5) is 11.4 Å². The molecule has 7 heteroatoms. The van der Waals surface area contributed by atoms with Crippen molar-refractivity contribution in [2.75, 3.05) is 16.8 Å². The maximum atomic E-state index is 12.6. The fourth-order valence-corrected chi connectivity index (χ4v) is 3.36. The van der Waals surface area contributed by atoms with Gasteiger partial charge in [0.25, 0.3) is 0 Å². The lowest BCUT2D eigenvalue weighted by Crippen LogP contribution is -2.28. The van der Waals surface area contributed by atoms with E-state index in [0.29, 0.717) is 40.5 Å². The van der Waals surface area contributed by atoms with Gasteiger partial charge in [-0.2, -0.15) is 0 Å². The van der Waals surface area contributed by atoms with E-state index in [4.69, 9.17) is 4.42 Å². The maximum absolute atomic E-state index is 12.6. The summed E-state index contributed by atoms with van der Waals surface area (Å²) in [4.78, 5) is 42.3. The first-order valence-electron chi connectivity index (χ1n) is 9.00. The first-order valence-corrected chi connectivity index (χ1v) is 9.00. The number of aryl methyl sites for hydroxylation is 1. The van der Waals surface area contributed by atoms with Gasteiger partial charge in [0.1, 0.15) is 5.52 Å². The molecule has 1 unspecified atom stereocenters. The molecule has 1 atom stereocenters. The van der Waals surface area contributed by atoms with Crippen LogP contribution in [0.5, 0.6) is 0 Å². The number of ketones is 1. The molecule has 0 aliphatic carbocycles. The lowest BCUT2D eigenvalue weighted by molar-refractivity contribution is -0.122. The summed E-state index contributed by atoms with van der Waals surface area (Å²) < 4.78 is 5.46. The molecule has 1 saturated heterocycles. The van der Waals surface area contributed by atoms with Gasteiger partial charge >= 0.3 is 0 Å². The van der Waals surface area contributed by atoms with Gasteiger partial charge in [-0.15, -0.1) is 0 Å². The topological polar surface area (TPSA) is 92.5 Å². The Morgan fingerprint density at radius 2 is 1.93 bits per heavy atom. The predicted molar refractivity (Wildman–Crippen MR) is 104 cm³/mol. The molecule has 0 spiro atoms. The number of Topliss-reactive ketones (excluding diaryl/α,β-unsaturated/α-hetero) is 1. The number of hydrogen-bond donors (Lipinski definition) is 1. The van der Waals surface area contributed by atoms with E-state index in [0.717, 1.165) is 0 Å². The molecule has 7 nitrogen and oxygen atoms in total. The SMILES string of the molecule is CC(=O)c1ccc(NC(=O)C2CC(=O)N(c3ccc4oc(C)nc4c3)C2)cc1. The van der Waals surface area contributed by atoms with Crippen molar-refractivity contribution < 1.29 is 18.8 Å². The number of anilines is 2. The van der Waals surface area contributed by atoms with Crippen molar-refractivity contribution in [3.05, 3.63) is 53.9 Å². The maximum Gasteiger partial charge on any atom is 0.229 e. The number of fused-ring (bicyclic) bond motifs is 1. The van der Waals surface area contributed by atoms with Crippen molar-refractivity contribution in [3.63, 3.8) is 0 Å². The third kappa shape index (κ3) is 3.38.